The molecule has 0 aliphatic carbocycles. The molecule has 1 aliphatic heterocycles. The molecule has 0 bridgehead atoms. The summed E-state index contributed by atoms with van der Waals surface area (Å²) in [5, 5.41) is 8.82. The number of carbonyl (C=O) groups excluding carboxylic acids is 2. The minimum Gasteiger partial charge on any atom is -0.917 e. The van der Waals surface area contributed by atoms with Crippen molar-refractivity contribution in [1.82, 2.24) is 0 Å². The predicted octanol–water partition coefficient (Wildman–Crippen LogP) is -8.64. The van der Waals surface area contributed by atoms with E-state index < -0.39 is 45.5 Å². The smallest absolute Gasteiger partial charge is 0.917 e. The van der Waals surface area contributed by atoms with Gasteiger partial charge in [-0.2, -0.15) is 19.4 Å². The van der Waals surface area contributed by atoms with Crippen molar-refractivity contribution in [3.8, 4) is 0 Å². The third-order valence-electron chi connectivity index (χ3n) is 1.76. The van der Waals surface area contributed by atoms with Gasteiger partial charge < -0.3 is 37.8 Å². The van der Waals surface area contributed by atoms with Gasteiger partial charge in [0.25, 0.3) is 10.1 Å². The molecule has 13 nitrogen and oxygen atoms in total. The van der Waals surface area contributed by atoms with Gasteiger partial charge in [0.05, 0.1) is 6.61 Å². The fraction of sp³-hybridized carbons (Fsp3) is 0.800. The molecule has 1 rings (SSSR count). The Morgan fingerprint density at radius 1 is 1.22 bits per heavy atom. The maximum Gasteiger partial charge on any atom is 1.00 e. The summed E-state index contributed by atoms with van der Waals surface area (Å²) in [5.74, 6) is -1.69. The molecule has 27 heavy (non-hydrogen) atoms. The summed E-state index contributed by atoms with van der Waals surface area (Å²) in [6.45, 7) is 3.25. The second-order valence-electron chi connectivity index (χ2n) is 4.17. The van der Waals surface area contributed by atoms with Crippen LogP contribution in [0.2, 0.25) is 0 Å². The van der Waals surface area contributed by atoms with Crippen LogP contribution in [-0.2, 0) is 53.3 Å². The summed E-state index contributed by atoms with van der Waals surface area (Å²) in [6.07, 6.45) is -1.19. The molecule has 152 valence electrons. The van der Waals surface area contributed by atoms with Gasteiger partial charge in [-0.25, -0.2) is 0 Å². The van der Waals surface area contributed by atoms with Gasteiger partial charge in [-0.1, -0.05) is 0 Å². The molecular weight excluding hydrogens is 438 g/mol. The van der Waals surface area contributed by atoms with Gasteiger partial charge >= 0.3 is 71.1 Å². The van der Waals surface area contributed by atoms with Gasteiger partial charge in [0.15, 0.2) is 0 Å². The summed E-state index contributed by atoms with van der Waals surface area (Å²) in [6, 6.07) is 0. The second kappa shape index (κ2) is 21.4. The second-order valence-corrected chi connectivity index (χ2v) is 6.07. The van der Waals surface area contributed by atoms with E-state index in [9.17, 15) is 18.0 Å². The summed E-state index contributed by atoms with van der Waals surface area (Å²) < 4.78 is 67.5. The first kappa shape index (κ1) is 38.3. The Kier molecular flexibility index (Phi) is 30.3. The summed E-state index contributed by atoms with van der Waals surface area (Å²) in [5.41, 5.74) is 0. The molecule has 2 atom stereocenters. The zero-order valence-corrected chi connectivity index (χ0v) is 20.9. The molecule has 0 radical (unpaired) electrons. The molecule has 4 N–H and O–H groups in total. The molecule has 17 heteroatoms. The molecule has 2 unspecified atom stereocenters. The van der Waals surface area contributed by atoms with E-state index in [0.29, 0.717) is 6.61 Å². The van der Waals surface area contributed by atoms with Crippen LogP contribution >= 0.6 is 0 Å². The number of aliphatic hydroxyl groups excluding tert-OH is 1. The molecule has 1 fully saturated rings. The number of aliphatic hydroxyl groups is 1. The Balaban J connectivity index is -0.0000000942. The Labute approximate surface area is 202 Å². The van der Waals surface area contributed by atoms with Crippen molar-refractivity contribution in [1.29, 1.82) is 0 Å². The quantitative estimate of drug-likeness (QED) is 0.0944. The van der Waals surface area contributed by atoms with Crippen molar-refractivity contribution in [3.05, 3.63) is 0 Å². The third kappa shape index (κ3) is 46.6. The number of hydrogen-bond acceptors (Lipinski definition) is 12. The Morgan fingerprint density at radius 2 is 1.59 bits per heavy atom. The van der Waals surface area contributed by atoms with E-state index in [4.69, 9.17) is 27.4 Å². The molecule has 0 spiro atoms. The van der Waals surface area contributed by atoms with Crippen molar-refractivity contribution >= 4 is 33.0 Å². The van der Waals surface area contributed by atoms with E-state index in [-0.39, 0.29) is 76.7 Å². The number of rotatable bonds is 6. The van der Waals surface area contributed by atoms with Crippen LogP contribution in [0.15, 0.2) is 0 Å². The van der Waals surface area contributed by atoms with Crippen LogP contribution in [0, 0.1) is 0 Å². The van der Waals surface area contributed by atoms with E-state index in [2.05, 4.69) is 9.47 Å². The summed E-state index contributed by atoms with van der Waals surface area (Å²) >= 11 is 0. The van der Waals surface area contributed by atoms with Crippen molar-refractivity contribution in [3.63, 3.8) is 0 Å². The Hall–Kier alpha value is 0.640. The molecule has 0 aromatic carbocycles. The average molecular weight is 458 g/mol. The Bertz CT molecular complexity index is 551. The first-order chi connectivity index (χ1) is 10.8. The maximum atomic E-state index is 10.2. The first-order valence-electron chi connectivity index (χ1n) is 6.11. The van der Waals surface area contributed by atoms with Crippen LogP contribution in [0.25, 0.3) is 0 Å². The molecule has 0 amide bonds. The molecule has 0 aromatic heterocycles. The third-order valence-corrected chi connectivity index (χ3v) is 2.56. The minimum absolute atomic E-state index is 0. The first-order valence-corrected chi connectivity index (χ1v) is 8.72. The maximum absolute atomic E-state index is 10.2. The van der Waals surface area contributed by atoms with Crippen LogP contribution < -0.4 is 59.1 Å². The molecule has 1 heterocycles. The standard InChI is InChI=1S/C5H10O6S.C5H8O3.2Na.O3S.H2O/c1-4(6)11-2-5(7)3-12(8,9)10;1-4(6)7-2-5-3-8-5;;;1-4(2)3;/h5,7H,2-3H2,1H3,(H,8,9,10);5H,2-3H2,1H3;;;;1H2/q;;2*+1;-2;. The largest absolute Gasteiger partial charge is 1.00 e. The van der Waals surface area contributed by atoms with Gasteiger partial charge in [-0.3, -0.25) is 14.1 Å². The van der Waals surface area contributed by atoms with Crippen molar-refractivity contribution < 1.29 is 119 Å². The number of esters is 2. The zero-order valence-electron chi connectivity index (χ0n) is 15.3. The number of carbonyl (C=O) groups is 2. The zero-order chi connectivity index (χ0) is 19.3. The van der Waals surface area contributed by atoms with Crippen LogP contribution in [-0.4, -0.2) is 77.8 Å². The van der Waals surface area contributed by atoms with Gasteiger partial charge in [0.1, 0.15) is 31.2 Å². The van der Waals surface area contributed by atoms with Crippen LogP contribution in [0.1, 0.15) is 13.8 Å². The molecular formula is C10H20Na2O13S2. The van der Waals surface area contributed by atoms with Crippen molar-refractivity contribution in [2.75, 3.05) is 25.6 Å². The fourth-order valence-electron chi connectivity index (χ4n) is 0.879. The molecule has 0 aromatic rings. The normalized spacial score (nSPS) is 14.8. The molecule has 0 saturated carbocycles. The molecule has 1 saturated heterocycles. The summed E-state index contributed by atoms with van der Waals surface area (Å²) in [4.78, 5) is 20.3. The van der Waals surface area contributed by atoms with E-state index in [0.717, 1.165) is 13.5 Å². The van der Waals surface area contributed by atoms with Gasteiger partial charge in [0.2, 0.25) is 0 Å². The SMILES string of the molecule is CC(=O)OCC(O)CS(=O)(=O)O.CC(=O)OCC1CO1.O.O=[S-](=O)[O-].[Na+].[Na+]. The van der Waals surface area contributed by atoms with Gasteiger partial charge in [-0.05, 0) is 0 Å². The van der Waals surface area contributed by atoms with E-state index >= 15 is 0 Å². The van der Waals surface area contributed by atoms with E-state index in [1.54, 1.807) is 0 Å². The summed E-state index contributed by atoms with van der Waals surface area (Å²) in [7, 11) is -7.32. The number of epoxide rings is 1. The average Bonchev–Trinajstić information content (AvgIpc) is 3.16. The molecule has 1 aliphatic rings. The number of ether oxygens (including phenoxy) is 3. The van der Waals surface area contributed by atoms with Gasteiger partial charge in [-0.15, -0.1) is 0 Å². The topological polar surface area (TPSA) is 228 Å². The van der Waals surface area contributed by atoms with Crippen LogP contribution in [0.5, 0.6) is 0 Å². The van der Waals surface area contributed by atoms with Gasteiger partial charge in [0, 0.05) is 13.8 Å². The van der Waals surface area contributed by atoms with Crippen molar-refractivity contribution in [2.24, 2.45) is 0 Å². The predicted molar refractivity (Wildman–Crippen MR) is 78.6 cm³/mol. The van der Waals surface area contributed by atoms with Crippen molar-refractivity contribution in [2.45, 2.75) is 26.1 Å². The minimum atomic E-state index is -4.21. The Morgan fingerprint density at radius 3 is 1.85 bits per heavy atom. The monoisotopic (exact) mass is 458 g/mol. The van der Waals surface area contributed by atoms with Crippen LogP contribution in [0.4, 0.5) is 0 Å². The van der Waals surface area contributed by atoms with E-state index in [1.165, 1.54) is 6.92 Å². The number of hydrogen-bond donors (Lipinski definition) is 2. The fourth-order valence-corrected chi connectivity index (χ4v) is 1.46. The van der Waals surface area contributed by atoms with Crippen LogP contribution in [0.3, 0.4) is 0 Å². The van der Waals surface area contributed by atoms with E-state index in [1.807, 2.05) is 0 Å².